The Morgan fingerprint density at radius 3 is 2.47 bits per heavy atom. The number of anilines is 1. The lowest BCUT2D eigenvalue weighted by molar-refractivity contribution is -0.115. The van der Waals surface area contributed by atoms with Crippen LogP contribution in [0.25, 0.3) is 0 Å². The maximum Gasteiger partial charge on any atom is 0.252 e. The Morgan fingerprint density at radius 2 is 1.73 bits per heavy atom. The lowest BCUT2D eigenvalue weighted by Crippen LogP contribution is -2.33. The van der Waals surface area contributed by atoms with E-state index in [2.05, 4.69) is 32.6 Å². The Kier molecular flexibility index (Phi) is 7.28. The molecule has 0 spiro atoms. The number of amides is 2. The third kappa shape index (κ3) is 5.50. The summed E-state index contributed by atoms with van der Waals surface area (Å²) in [5.41, 5.74) is 2.60. The summed E-state index contributed by atoms with van der Waals surface area (Å²) in [6, 6.07) is 22.0. The van der Waals surface area contributed by atoms with Crippen LogP contribution in [0.1, 0.15) is 21.5 Å². The number of carbonyl (C=O) groups is 2. The molecule has 3 rings (SSSR count). The molecule has 0 aliphatic carbocycles. The molecule has 7 heteroatoms. The Morgan fingerprint density at radius 1 is 1.03 bits per heavy atom. The summed E-state index contributed by atoms with van der Waals surface area (Å²) in [7, 11) is 0. The number of hydrogen-bond acceptors (Lipinski definition) is 4. The van der Waals surface area contributed by atoms with Crippen molar-refractivity contribution in [2.45, 2.75) is 16.7 Å². The van der Waals surface area contributed by atoms with Crippen molar-refractivity contribution in [1.82, 2.24) is 5.32 Å². The summed E-state index contributed by atoms with van der Waals surface area (Å²) in [5.74, 6) is -0.663. The molecular formula is C23H18BrN3O2S. The largest absolute Gasteiger partial charge is 0.343 e. The van der Waals surface area contributed by atoms with E-state index in [4.69, 9.17) is 0 Å². The Labute approximate surface area is 187 Å². The maximum atomic E-state index is 12.7. The van der Waals surface area contributed by atoms with Gasteiger partial charge in [0.25, 0.3) is 5.91 Å². The van der Waals surface area contributed by atoms with Gasteiger partial charge in [-0.2, -0.15) is 5.26 Å². The standard InChI is InChI=1S/C23H18BrN3O2S/c1-15-12-17(24)10-11-19(15)27-22(28)14-26-23(29)18-7-3-5-9-21(18)30-20-8-4-2-6-16(20)13-25/h2-12H,14H2,1H3,(H,26,29)(H,27,28). The maximum absolute atomic E-state index is 12.7. The molecule has 30 heavy (non-hydrogen) atoms. The first-order valence-electron chi connectivity index (χ1n) is 9.08. The van der Waals surface area contributed by atoms with Crippen LogP contribution in [0.3, 0.4) is 0 Å². The van der Waals surface area contributed by atoms with Crippen LogP contribution in [0.15, 0.2) is 81.0 Å². The smallest absolute Gasteiger partial charge is 0.252 e. The summed E-state index contributed by atoms with van der Waals surface area (Å²) in [6.07, 6.45) is 0. The minimum Gasteiger partial charge on any atom is -0.343 e. The average Bonchev–Trinajstić information content (AvgIpc) is 2.75. The monoisotopic (exact) mass is 479 g/mol. The lowest BCUT2D eigenvalue weighted by atomic mass is 10.2. The van der Waals surface area contributed by atoms with Crippen molar-refractivity contribution in [1.29, 1.82) is 5.26 Å². The van der Waals surface area contributed by atoms with Gasteiger partial charge in [0.2, 0.25) is 5.91 Å². The second kappa shape index (κ2) is 10.1. The van der Waals surface area contributed by atoms with Crippen molar-refractivity contribution in [2.75, 3.05) is 11.9 Å². The van der Waals surface area contributed by atoms with E-state index in [-0.39, 0.29) is 18.4 Å². The predicted molar refractivity (Wildman–Crippen MR) is 122 cm³/mol. The summed E-state index contributed by atoms with van der Waals surface area (Å²) < 4.78 is 0.929. The number of carbonyl (C=O) groups excluding carboxylic acids is 2. The van der Waals surface area contributed by atoms with Gasteiger partial charge in [-0.15, -0.1) is 0 Å². The van der Waals surface area contributed by atoms with Gasteiger partial charge in [0.05, 0.1) is 17.7 Å². The summed E-state index contributed by atoms with van der Waals surface area (Å²) >= 11 is 4.73. The molecule has 0 saturated carbocycles. The second-order valence-corrected chi connectivity index (χ2v) is 8.40. The number of nitriles is 1. The molecule has 0 unspecified atom stereocenters. The Bertz CT molecular complexity index is 1140. The highest BCUT2D eigenvalue weighted by Crippen LogP contribution is 2.32. The van der Waals surface area contributed by atoms with Crippen LogP contribution in [0, 0.1) is 18.3 Å². The van der Waals surface area contributed by atoms with E-state index >= 15 is 0 Å². The number of rotatable bonds is 6. The molecule has 0 heterocycles. The lowest BCUT2D eigenvalue weighted by Gasteiger charge is -2.12. The van der Waals surface area contributed by atoms with Crippen LogP contribution >= 0.6 is 27.7 Å². The topological polar surface area (TPSA) is 82.0 Å². The number of halogens is 1. The molecule has 2 amide bonds. The van der Waals surface area contributed by atoms with E-state index < -0.39 is 0 Å². The molecule has 150 valence electrons. The molecular weight excluding hydrogens is 462 g/mol. The van der Waals surface area contributed by atoms with E-state index in [9.17, 15) is 14.9 Å². The quantitative estimate of drug-likeness (QED) is 0.512. The second-order valence-electron chi connectivity index (χ2n) is 6.40. The highest BCUT2D eigenvalue weighted by molar-refractivity contribution is 9.10. The first-order chi connectivity index (χ1) is 14.5. The summed E-state index contributed by atoms with van der Waals surface area (Å²) in [5, 5.41) is 14.8. The van der Waals surface area contributed by atoms with Crippen molar-refractivity contribution in [3.05, 3.63) is 87.9 Å². The number of nitrogens with zero attached hydrogens (tertiary/aromatic N) is 1. The zero-order valence-electron chi connectivity index (χ0n) is 16.1. The Hall–Kier alpha value is -3.08. The molecule has 2 N–H and O–H groups in total. The number of hydrogen-bond donors (Lipinski definition) is 2. The van der Waals surface area contributed by atoms with Gasteiger partial charge in [-0.05, 0) is 55.0 Å². The SMILES string of the molecule is Cc1cc(Br)ccc1NC(=O)CNC(=O)c1ccccc1Sc1ccccc1C#N. The van der Waals surface area contributed by atoms with E-state index in [1.165, 1.54) is 11.8 Å². The van der Waals surface area contributed by atoms with E-state index in [1.807, 2.05) is 43.3 Å². The van der Waals surface area contributed by atoms with Gasteiger partial charge in [0, 0.05) is 20.0 Å². The van der Waals surface area contributed by atoms with Crippen LogP contribution in [0.2, 0.25) is 0 Å². The number of benzene rings is 3. The molecule has 0 saturated heterocycles. The van der Waals surface area contributed by atoms with Gasteiger partial charge in [-0.3, -0.25) is 9.59 Å². The minimum absolute atomic E-state index is 0.151. The summed E-state index contributed by atoms with van der Waals surface area (Å²) in [4.78, 5) is 26.4. The average molecular weight is 480 g/mol. The van der Waals surface area contributed by atoms with Gasteiger partial charge >= 0.3 is 0 Å². The fraction of sp³-hybridized carbons (Fsp3) is 0.0870. The van der Waals surface area contributed by atoms with E-state index in [0.717, 1.165) is 14.9 Å². The van der Waals surface area contributed by atoms with Crippen LogP contribution in [0.4, 0.5) is 5.69 Å². The van der Waals surface area contributed by atoms with Crippen molar-refractivity contribution in [3.63, 3.8) is 0 Å². The molecule has 0 bridgehead atoms. The molecule has 0 fully saturated rings. The van der Waals surface area contributed by atoms with Crippen LogP contribution in [-0.2, 0) is 4.79 Å². The molecule has 0 aliphatic rings. The molecule has 3 aromatic rings. The van der Waals surface area contributed by atoms with E-state index in [1.54, 1.807) is 30.3 Å². The van der Waals surface area contributed by atoms with Crippen LogP contribution in [-0.4, -0.2) is 18.4 Å². The third-order valence-electron chi connectivity index (χ3n) is 4.23. The van der Waals surface area contributed by atoms with E-state index in [0.29, 0.717) is 21.7 Å². The predicted octanol–water partition coefficient (Wildman–Crippen LogP) is 5.15. The normalized spacial score (nSPS) is 10.2. The number of aryl methyl sites for hydroxylation is 1. The highest BCUT2D eigenvalue weighted by atomic mass is 79.9. The first-order valence-corrected chi connectivity index (χ1v) is 10.7. The zero-order valence-corrected chi connectivity index (χ0v) is 18.5. The van der Waals surface area contributed by atoms with Crippen LogP contribution in [0.5, 0.6) is 0 Å². The number of nitrogens with one attached hydrogen (secondary N) is 2. The molecule has 0 atom stereocenters. The van der Waals surface area contributed by atoms with Gasteiger partial charge in [0.1, 0.15) is 6.07 Å². The summed E-state index contributed by atoms with van der Waals surface area (Å²) in [6.45, 7) is 1.74. The minimum atomic E-state index is -0.352. The first kappa shape index (κ1) is 21.6. The van der Waals surface area contributed by atoms with Crippen molar-refractivity contribution in [2.24, 2.45) is 0 Å². The molecule has 5 nitrogen and oxygen atoms in total. The highest BCUT2D eigenvalue weighted by Gasteiger charge is 2.15. The van der Waals surface area contributed by atoms with Crippen molar-refractivity contribution in [3.8, 4) is 6.07 Å². The van der Waals surface area contributed by atoms with Gasteiger partial charge < -0.3 is 10.6 Å². The van der Waals surface area contributed by atoms with Crippen molar-refractivity contribution >= 4 is 45.2 Å². The van der Waals surface area contributed by atoms with Gasteiger partial charge in [-0.25, -0.2) is 0 Å². The van der Waals surface area contributed by atoms with Gasteiger partial charge in [-0.1, -0.05) is 52.0 Å². The molecule has 0 aromatic heterocycles. The molecule has 0 radical (unpaired) electrons. The third-order valence-corrected chi connectivity index (χ3v) is 5.88. The zero-order chi connectivity index (χ0) is 21.5. The van der Waals surface area contributed by atoms with Crippen LogP contribution < -0.4 is 10.6 Å². The molecule has 3 aromatic carbocycles. The fourth-order valence-electron chi connectivity index (χ4n) is 2.73. The molecule has 0 aliphatic heterocycles. The Balaban J connectivity index is 1.67. The fourth-order valence-corrected chi connectivity index (χ4v) is 4.23. The van der Waals surface area contributed by atoms with Gasteiger partial charge in [0.15, 0.2) is 0 Å². The van der Waals surface area contributed by atoms with Crippen molar-refractivity contribution < 1.29 is 9.59 Å².